The van der Waals surface area contributed by atoms with Gasteiger partial charge in [0.1, 0.15) is 6.29 Å². The molecule has 2 aromatic carbocycles. The molecule has 0 atom stereocenters. The van der Waals surface area contributed by atoms with E-state index in [0.717, 1.165) is 23.1 Å². The summed E-state index contributed by atoms with van der Waals surface area (Å²) in [5.41, 5.74) is 4.06. The quantitative estimate of drug-likeness (QED) is 0.747. The molecule has 2 heteroatoms. The summed E-state index contributed by atoms with van der Waals surface area (Å²) < 4.78 is 0. The van der Waals surface area contributed by atoms with E-state index in [2.05, 4.69) is 12.1 Å². The van der Waals surface area contributed by atoms with Crippen LogP contribution in [0.25, 0.3) is 11.1 Å². The van der Waals surface area contributed by atoms with Crippen LogP contribution in [0.15, 0.2) is 48.5 Å². The van der Waals surface area contributed by atoms with Crippen molar-refractivity contribution < 1.29 is 4.79 Å². The van der Waals surface area contributed by atoms with E-state index < -0.39 is 0 Å². The third-order valence-electron chi connectivity index (χ3n) is 2.72. The first-order valence-corrected chi connectivity index (χ1v) is 5.54. The van der Waals surface area contributed by atoms with Crippen LogP contribution in [0.2, 0.25) is 0 Å². The van der Waals surface area contributed by atoms with Gasteiger partial charge in [0, 0.05) is 30.9 Å². The van der Waals surface area contributed by atoms with E-state index >= 15 is 0 Å². The van der Waals surface area contributed by atoms with Crippen molar-refractivity contribution in [3.63, 3.8) is 0 Å². The number of anilines is 1. The van der Waals surface area contributed by atoms with Gasteiger partial charge in [-0.2, -0.15) is 0 Å². The number of carbonyl (C=O) groups is 1. The maximum Gasteiger partial charge on any atom is 0.150 e. The van der Waals surface area contributed by atoms with Crippen LogP contribution in [0.4, 0.5) is 5.69 Å². The standard InChI is InChI=1S/C15H15NO/c1-16(2)15-10-12(11-17)8-9-14(15)13-6-4-3-5-7-13/h3-11H,1-2H3. The summed E-state index contributed by atoms with van der Waals surface area (Å²) in [6.07, 6.45) is 0.877. The van der Waals surface area contributed by atoms with Crippen molar-refractivity contribution in [2.24, 2.45) is 0 Å². The number of hydrogen-bond acceptors (Lipinski definition) is 2. The zero-order chi connectivity index (χ0) is 12.3. The summed E-state index contributed by atoms with van der Waals surface area (Å²) in [6, 6.07) is 15.9. The van der Waals surface area contributed by atoms with E-state index in [0.29, 0.717) is 5.56 Å². The first-order chi connectivity index (χ1) is 8.22. The second kappa shape index (κ2) is 4.83. The molecule has 0 N–H and O–H groups in total. The molecular formula is C15H15NO. The summed E-state index contributed by atoms with van der Waals surface area (Å²) in [6.45, 7) is 0. The average molecular weight is 225 g/mol. The SMILES string of the molecule is CN(C)c1cc(C=O)ccc1-c1ccccc1. The summed E-state index contributed by atoms with van der Waals surface area (Å²) in [7, 11) is 3.96. The Bertz CT molecular complexity index is 518. The van der Waals surface area contributed by atoms with Crippen LogP contribution in [-0.4, -0.2) is 20.4 Å². The third kappa shape index (κ3) is 2.36. The van der Waals surface area contributed by atoms with Crippen molar-refractivity contribution >= 4 is 12.0 Å². The van der Waals surface area contributed by atoms with Crippen molar-refractivity contribution in [3.05, 3.63) is 54.1 Å². The summed E-state index contributed by atoms with van der Waals surface area (Å²) in [4.78, 5) is 12.8. The molecule has 0 bridgehead atoms. The number of hydrogen-bond donors (Lipinski definition) is 0. The van der Waals surface area contributed by atoms with Gasteiger partial charge in [0.2, 0.25) is 0 Å². The number of nitrogens with zero attached hydrogens (tertiary/aromatic N) is 1. The van der Waals surface area contributed by atoms with Crippen LogP contribution in [0.3, 0.4) is 0 Å². The molecule has 0 spiro atoms. The van der Waals surface area contributed by atoms with Crippen LogP contribution in [0.5, 0.6) is 0 Å². The van der Waals surface area contributed by atoms with Gasteiger partial charge >= 0.3 is 0 Å². The summed E-state index contributed by atoms with van der Waals surface area (Å²) in [5.74, 6) is 0. The average Bonchev–Trinajstić information content (AvgIpc) is 2.39. The zero-order valence-electron chi connectivity index (χ0n) is 10.1. The normalized spacial score (nSPS) is 10.0. The van der Waals surface area contributed by atoms with E-state index in [1.807, 2.05) is 55.4 Å². The fourth-order valence-electron chi connectivity index (χ4n) is 1.85. The van der Waals surface area contributed by atoms with Crippen molar-refractivity contribution in [2.75, 3.05) is 19.0 Å². The van der Waals surface area contributed by atoms with Gasteiger partial charge in [-0.05, 0) is 11.6 Å². The van der Waals surface area contributed by atoms with Crippen molar-refractivity contribution in [2.45, 2.75) is 0 Å². The predicted molar refractivity (Wildman–Crippen MR) is 71.6 cm³/mol. The molecule has 17 heavy (non-hydrogen) atoms. The Balaban J connectivity index is 2.58. The first kappa shape index (κ1) is 11.4. The first-order valence-electron chi connectivity index (χ1n) is 5.54. The van der Waals surface area contributed by atoms with Gasteiger partial charge in [-0.3, -0.25) is 4.79 Å². The second-order valence-electron chi connectivity index (χ2n) is 4.15. The van der Waals surface area contributed by atoms with Gasteiger partial charge < -0.3 is 4.90 Å². The molecule has 2 nitrogen and oxygen atoms in total. The molecule has 0 aliphatic carbocycles. The lowest BCUT2D eigenvalue weighted by Crippen LogP contribution is -2.10. The molecule has 0 saturated carbocycles. The molecule has 0 aliphatic rings. The molecule has 2 rings (SSSR count). The zero-order valence-corrected chi connectivity index (χ0v) is 10.1. The van der Waals surface area contributed by atoms with E-state index in [1.165, 1.54) is 0 Å². The minimum absolute atomic E-state index is 0.702. The molecule has 0 heterocycles. The minimum atomic E-state index is 0.702. The van der Waals surface area contributed by atoms with Gasteiger partial charge in [0.05, 0.1) is 0 Å². The largest absolute Gasteiger partial charge is 0.377 e. The Kier molecular flexibility index (Phi) is 3.24. The third-order valence-corrected chi connectivity index (χ3v) is 2.72. The maximum atomic E-state index is 10.8. The highest BCUT2D eigenvalue weighted by Gasteiger charge is 2.07. The smallest absolute Gasteiger partial charge is 0.150 e. The highest BCUT2D eigenvalue weighted by atomic mass is 16.1. The Morgan fingerprint density at radius 2 is 1.71 bits per heavy atom. The Labute approximate surface area is 102 Å². The molecule has 0 fully saturated rings. The molecule has 0 radical (unpaired) electrons. The van der Waals surface area contributed by atoms with Gasteiger partial charge in [0.15, 0.2) is 0 Å². The van der Waals surface area contributed by atoms with Crippen LogP contribution < -0.4 is 4.90 Å². The van der Waals surface area contributed by atoms with Crippen LogP contribution in [-0.2, 0) is 0 Å². The molecule has 0 aromatic heterocycles. The monoisotopic (exact) mass is 225 g/mol. The number of benzene rings is 2. The van der Waals surface area contributed by atoms with Crippen LogP contribution >= 0.6 is 0 Å². The van der Waals surface area contributed by atoms with E-state index in [9.17, 15) is 4.79 Å². The molecule has 0 amide bonds. The second-order valence-corrected chi connectivity index (χ2v) is 4.15. The fraction of sp³-hybridized carbons (Fsp3) is 0.133. The van der Waals surface area contributed by atoms with E-state index in [-0.39, 0.29) is 0 Å². The molecule has 0 saturated heterocycles. The highest BCUT2D eigenvalue weighted by Crippen LogP contribution is 2.30. The number of rotatable bonds is 3. The topological polar surface area (TPSA) is 20.3 Å². The van der Waals surface area contributed by atoms with Gasteiger partial charge in [-0.25, -0.2) is 0 Å². The van der Waals surface area contributed by atoms with Gasteiger partial charge in [0.25, 0.3) is 0 Å². The van der Waals surface area contributed by atoms with E-state index in [4.69, 9.17) is 0 Å². The van der Waals surface area contributed by atoms with Crippen molar-refractivity contribution in [3.8, 4) is 11.1 Å². The minimum Gasteiger partial charge on any atom is -0.377 e. The lowest BCUT2D eigenvalue weighted by atomic mass is 10.0. The lowest BCUT2D eigenvalue weighted by Gasteiger charge is -2.18. The van der Waals surface area contributed by atoms with Crippen molar-refractivity contribution in [1.29, 1.82) is 0 Å². The maximum absolute atomic E-state index is 10.8. The van der Waals surface area contributed by atoms with Crippen LogP contribution in [0.1, 0.15) is 10.4 Å². The fourth-order valence-corrected chi connectivity index (χ4v) is 1.85. The molecule has 0 unspecified atom stereocenters. The summed E-state index contributed by atoms with van der Waals surface area (Å²) >= 11 is 0. The lowest BCUT2D eigenvalue weighted by molar-refractivity contribution is 0.112. The number of aldehydes is 1. The van der Waals surface area contributed by atoms with E-state index in [1.54, 1.807) is 0 Å². The Hall–Kier alpha value is -2.09. The van der Waals surface area contributed by atoms with Gasteiger partial charge in [-0.1, -0.05) is 42.5 Å². The molecule has 86 valence electrons. The Morgan fingerprint density at radius 3 is 2.29 bits per heavy atom. The highest BCUT2D eigenvalue weighted by molar-refractivity contribution is 5.85. The predicted octanol–water partition coefficient (Wildman–Crippen LogP) is 3.23. The van der Waals surface area contributed by atoms with Crippen molar-refractivity contribution in [1.82, 2.24) is 0 Å². The Morgan fingerprint density at radius 1 is 1.00 bits per heavy atom. The van der Waals surface area contributed by atoms with Crippen LogP contribution in [0, 0.1) is 0 Å². The molecule has 0 aliphatic heterocycles. The molecule has 2 aromatic rings. The van der Waals surface area contributed by atoms with Gasteiger partial charge in [-0.15, -0.1) is 0 Å². The number of carbonyl (C=O) groups excluding carboxylic acids is 1. The summed E-state index contributed by atoms with van der Waals surface area (Å²) in [5, 5.41) is 0. The molecular weight excluding hydrogens is 210 g/mol.